The minimum absolute atomic E-state index is 0. The second-order valence-electron chi connectivity index (χ2n) is 3.03. The molecule has 0 N–H and O–H groups in total. The summed E-state index contributed by atoms with van der Waals surface area (Å²) in [5.41, 5.74) is 0. The molecule has 0 heterocycles. The van der Waals surface area contributed by atoms with Gasteiger partial charge >= 0.3 is 5.97 Å². The Morgan fingerprint density at radius 3 is 1.77 bits per heavy atom. The summed E-state index contributed by atoms with van der Waals surface area (Å²) >= 11 is 0. The Morgan fingerprint density at radius 2 is 1.69 bits per heavy atom. The molecule has 3 nitrogen and oxygen atoms in total. The van der Waals surface area contributed by atoms with Crippen LogP contribution in [0.25, 0.3) is 0 Å². The molecular formula is C9H19NO2Ti. The molecule has 0 aliphatic rings. The average Bonchev–Trinajstić information content (AvgIpc) is 1.84. The molecule has 76 valence electrons. The van der Waals surface area contributed by atoms with Crippen LogP contribution in [-0.2, 0) is 31.2 Å². The van der Waals surface area contributed by atoms with E-state index in [0.717, 1.165) is 6.08 Å². The van der Waals surface area contributed by atoms with Gasteiger partial charge < -0.3 is 9.64 Å². The first-order chi connectivity index (χ1) is 5.40. The fourth-order valence-corrected chi connectivity index (χ4v) is 0.280. The number of ether oxygens (including phenoxy) is 1. The molecule has 0 radical (unpaired) electrons. The molecule has 4 heteroatoms. The second kappa shape index (κ2) is 11.9. The molecule has 0 aromatic carbocycles. The van der Waals surface area contributed by atoms with Gasteiger partial charge in [0, 0.05) is 27.8 Å². The van der Waals surface area contributed by atoms with Crippen molar-refractivity contribution >= 4 is 5.97 Å². The van der Waals surface area contributed by atoms with E-state index in [1.807, 2.05) is 26.0 Å². The summed E-state index contributed by atoms with van der Waals surface area (Å²) < 4.78 is 4.64. The molecule has 0 unspecified atom stereocenters. The summed E-state index contributed by atoms with van der Waals surface area (Å²) in [5, 5.41) is 0. The predicted octanol–water partition coefficient (Wildman–Crippen LogP) is 1.30. The summed E-state index contributed by atoms with van der Waals surface area (Å²) in [6.45, 7) is 6.83. The second-order valence-corrected chi connectivity index (χ2v) is 3.03. The van der Waals surface area contributed by atoms with Crippen molar-refractivity contribution < 1.29 is 31.2 Å². The zero-order valence-corrected chi connectivity index (χ0v) is 10.7. The van der Waals surface area contributed by atoms with Crippen molar-refractivity contribution in [1.82, 2.24) is 4.90 Å². The van der Waals surface area contributed by atoms with Gasteiger partial charge in [0.15, 0.2) is 0 Å². The van der Waals surface area contributed by atoms with Crippen molar-refractivity contribution in [2.45, 2.75) is 20.0 Å². The number of hydrogen-bond donors (Lipinski definition) is 0. The van der Waals surface area contributed by atoms with Crippen molar-refractivity contribution in [2.24, 2.45) is 0 Å². The maximum Gasteiger partial charge on any atom is 0.330 e. The molecule has 0 rings (SSSR count). The van der Waals surface area contributed by atoms with Crippen LogP contribution in [0.3, 0.4) is 0 Å². The van der Waals surface area contributed by atoms with Crippen LogP contribution in [0.4, 0.5) is 0 Å². The number of esters is 1. The maximum atomic E-state index is 10.3. The van der Waals surface area contributed by atoms with Gasteiger partial charge in [0.1, 0.15) is 0 Å². The zero-order valence-electron chi connectivity index (χ0n) is 9.13. The van der Waals surface area contributed by atoms with Gasteiger partial charge in [-0.15, -0.1) is 0 Å². The fourth-order valence-electron chi connectivity index (χ4n) is 0.280. The normalized spacial score (nSPS) is 8.23. The topological polar surface area (TPSA) is 29.5 Å². The van der Waals surface area contributed by atoms with Crippen LogP contribution >= 0.6 is 0 Å². The van der Waals surface area contributed by atoms with E-state index in [0.29, 0.717) is 0 Å². The quantitative estimate of drug-likeness (QED) is 0.400. The molecule has 0 bridgehead atoms. The third-order valence-corrected chi connectivity index (χ3v) is 0.519. The van der Waals surface area contributed by atoms with E-state index in [9.17, 15) is 4.79 Å². The van der Waals surface area contributed by atoms with Gasteiger partial charge in [-0.05, 0) is 35.0 Å². The van der Waals surface area contributed by atoms with Crippen LogP contribution < -0.4 is 0 Å². The monoisotopic (exact) mass is 221 g/mol. The Bertz CT molecular complexity index is 133. The van der Waals surface area contributed by atoms with Crippen molar-refractivity contribution in [2.75, 3.05) is 21.1 Å². The summed E-state index contributed by atoms with van der Waals surface area (Å²) in [6, 6.07) is 0. The minimum Gasteiger partial charge on any atom is -0.460 e. The van der Waals surface area contributed by atoms with Crippen molar-refractivity contribution in [3.63, 3.8) is 0 Å². The SMILES string of the molecule is C=CC(=O)OC(C)C.CN(C)C.[Ti]. The first-order valence-electron chi connectivity index (χ1n) is 3.84. The van der Waals surface area contributed by atoms with E-state index in [4.69, 9.17) is 0 Å². The Labute approximate surface area is 96.0 Å². The van der Waals surface area contributed by atoms with Crippen LogP contribution in [0.1, 0.15) is 13.8 Å². The van der Waals surface area contributed by atoms with Crippen LogP contribution in [0.2, 0.25) is 0 Å². The van der Waals surface area contributed by atoms with Crippen LogP contribution in [0.5, 0.6) is 0 Å². The maximum absolute atomic E-state index is 10.3. The molecule has 0 aromatic heterocycles. The number of hydrogen-bond acceptors (Lipinski definition) is 3. The number of rotatable bonds is 2. The van der Waals surface area contributed by atoms with Crippen molar-refractivity contribution in [3.8, 4) is 0 Å². The van der Waals surface area contributed by atoms with E-state index in [2.05, 4.69) is 11.3 Å². The van der Waals surface area contributed by atoms with E-state index in [-0.39, 0.29) is 33.8 Å². The first-order valence-corrected chi connectivity index (χ1v) is 3.84. The van der Waals surface area contributed by atoms with Crippen molar-refractivity contribution in [1.29, 1.82) is 0 Å². The van der Waals surface area contributed by atoms with Gasteiger partial charge in [0.25, 0.3) is 0 Å². The van der Waals surface area contributed by atoms with E-state index in [1.54, 1.807) is 13.8 Å². The molecule has 0 aliphatic carbocycles. The molecule has 0 fully saturated rings. The number of carbonyl (C=O) groups is 1. The molecule has 0 spiro atoms. The summed E-state index contributed by atoms with van der Waals surface area (Å²) in [7, 11) is 6.00. The fraction of sp³-hybridized carbons (Fsp3) is 0.667. The molecular weight excluding hydrogens is 202 g/mol. The molecule has 0 amide bonds. The van der Waals surface area contributed by atoms with Crippen LogP contribution in [-0.4, -0.2) is 38.1 Å². The summed E-state index contributed by atoms with van der Waals surface area (Å²) in [5.74, 6) is -0.361. The molecule has 0 atom stereocenters. The molecule has 0 aliphatic heterocycles. The van der Waals surface area contributed by atoms with Gasteiger partial charge in [-0.1, -0.05) is 6.58 Å². The van der Waals surface area contributed by atoms with Gasteiger partial charge in [-0.3, -0.25) is 0 Å². The largest absolute Gasteiger partial charge is 0.460 e. The summed E-state index contributed by atoms with van der Waals surface area (Å²) in [4.78, 5) is 12.3. The predicted molar refractivity (Wildman–Crippen MR) is 51.0 cm³/mol. The van der Waals surface area contributed by atoms with Gasteiger partial charge in [-0.25, -0.2) is 4.79 Å². The number of nitrogens with zero attached hydrogens (tertiary/aromatic N) is 1. The number of carbonyl (C=O) groups excluding carboxylic acids is 1. The van der Waals surface area contributed by atoms with E-state index >= 15 is 0 Å². The Hall–Kier alpha value is -0.116. The molecule has 0 saturated heterocycles. The average molecular weight is 221 g/mol. The van der Waals surface area contributed by atoms with Gasteiger partial charge in [0.2, 0.25) is 0 Å². The summed E-state index contributed by atoms with van der Waals surface area (Å²) in [6.07, 6.45) is 1.11. The van der Waals surface area contributed by atoms with Gasteiger partial charge in [-0.2, -0.15) is 0 Å². The van der Waals surface area contributed by atoms with Crippen molar-refractivity contribution in [3.05, 3.63) is 12.7 Å². The molecule has 13 heavy (non-hydrogen) atoms. The van der Waals surface area contributed by atoms with Gasteiger partial charge in [0.05, 0.1) is 6.10 Å². The smallest absolute Gasteiger partial charge is 0.330 e. The Balaban J connectivity index is -0.000000173. The Morgan fingerprint density at radius 1 is 1.38 bits per heavy atom. The third kappa shape index (κ3) is 33.5. The molecule has 0 saturated carbocycles. The standard InChI is InChI=1S/C6H10O2.C3H9N.Ti/c1-4-6(7)8-5(2)3;1-4(2)3;/h4-5H,1H2,2-3H3;1-3H3;. The van der Waals surface area contributed by atoms with Crippen LogP contribution in [0.15, 0.2) is 12.7 Å². The minimum atomic E-state index is -0.361. The zero-order chi connectivity index (χ0) is 10.1. The van der Waals surface area contributed by atoms with Crippen LogP contribution in [0, 0.1) is 0 Å². The van der Waals surface area contributed by atoms with E-state index < -0.39 is 0 Å². The first kappa shape index (κ1) is 18.6. The third-order valence-electron chi connectivity index (χ3n) is 0.519. The van der Waals surface area contributed by atoms with E-state index in [1.165, 1.54) is 0 Å². The Kier molecular flexibility index (Phi) is 17.0. The molecule has 0 aromatic rings.